The quantitative estimate of drug-likeness (QED) is 0.835. The van der Waals surface area contributed by atoms with Crippen LogP contribution in [-0.2, 0) is 6.54 Å². The zero-order valence-corrected chi connectivity index (χ0v) is 10.4. The average Bonchev–Trinajstić information content (AvgIpc) is 2.16. The highest BCUT2D eigenvalue weighted by Gasteiger charge is 2.13. The smallest absolute Gasteiger partial charge is 0.125 e. The lowest BCUT2D eigenvalue weighted by Crippen LogP contribution is -2.22. The van der Waals surface area contributed by atoms with E-state index in [0.717, 1.165) is 5.56 Å². The van der Waals surface area contributed by atoms with E-state index >= 15 is 0 Å². The van der Waals surface area contributed by atoms with Crippen LogP contribution in [0.4, 0.5) is 0 Å². The molecular weight excluding hydrogens is 226 g/mol. The van der Waals surface area contributed by atoms with Crippen molar-refractivity contribution in [2.45, 2.75) is 32.4 Å². The maximum Gasteiger partial charge on any atom is 0.125 e. The van der Waals surface area contributed by atoms with Crippen LogP contribution >= 0.6 is 11.6 Å². The van der Waals surface area contributed by atoms with E-state index in [-0.39, 0.29) is 0 Å². The highest BCUT2D eigenvalue weighted by molar-refractivity contribution is 6.31. The molecule has 90 valence electrons. The third-order valence-electron chi connectivity index (χ3n) is 2.25. The minimum atomic E-state index is -0.721. The molecule has 16 heavy (non-hydrogen) atoms. The minimum absolute atomic E-state index is 0.345. The first kappa shape index (κ1) is 13.3. The lowest BCUT2D eigenvalue weighted by molar-refractivity contribution is 0.0552. The fourth-order valence-corrected chi connectivity index (χ4v) is 1.53. The molecule has 0 aliphatic carbocycles. The normalized spacial score (nSPS) is 11.6. The predicted molar refractivity (Wildman–Crippen MR) is 65.8 cm³/mol. The molecule has 4 heteroatoms. The van der Waals surface area contributed by atoms with E-state index in [2.05, 4.69) is 0 Å². The van der Waals surface area contributed by atoms with Crippen molar-refractivity contribution < 1.29 is 9.84 Å². The molecule has 0 atom stereocenters. The van der Waals surface area contributed by atoms with Crippen LogP contribution < -0.4 is 10.5 Å². The molecule has 0 fully saturated rings. The number of ether oxygens (including phenoxy) is 1. The summed E-state index contributed by atoms with van der Waals surface area (Å²) in [4.78, 5) is 0. The fraction of sp³-hybridized carbons (Fsp3) is 0.500. The van der Waals surface area contributed by atoms with Crippen LogP contribution in [0.25, 0.3) is 0 Å². The molecule has 0 saturated heterocycles. The van der Waals surface area contributed by atoms with Crippen molar-refractivity contribution >= 4 is 11.6 Å². The average molecular weight is 244 g/mol. The van der Waals surface area contributed by atoms with Crippen LogP contribution in [0.2, 0.25) is 5.02 Å². The van der Waals surface area contributed by atoms with E-state index in [1.165, 1.54) is 0 Å². The summed E-state index contributed by atoms with van der Waals surface area (Å²) >= 11 is 5.99. The molecule has 0 heterocycles. The number of halogens is 1. The minimum Gasteiger partial charge on any atom is -0.493 e. The van der Waals surface area contributed by atoms with E-state index < -0.39 is 5.60 Å². The molecule has 1 aromatic rings. The summed E-state index contributed by atoms with van der Waals surface area (Å²) in [6.07, 6.45) is 0.559. The van der Waals surface area contributed by atoms with Gasteiger partial charge in [0.1, 0.15) is 5.75 Å². The first-order valence-electron chi connectivity index (χ1n) is 5.26. The molecule has 0 unspecified atom stereocenters. The van der Waals surface area contributed by atoms with Gasteiger partial charge in [0.05, 0.1) is 12.2 Å². The van der Waals surface area contributed by atoms with Crippen molar-refractivity contribution in [1.82, 2.24) is 0 Å². The Hall–Kier alpha value is -0.770. The number of aliphatic hydroxyl groups is 1. The van der Waals surface area contributed by atoms with E-state index in [0.29, 0.717) is 30.3 Å². The Kier molecular flexibility index (Phi) is 4.59. The van der Waals surface area contributed by atoms with Crippen molar-refractivity contribution in [3.05, 3.63) is 28.8 Å². The van der Waals surface area contributed by atoms with Gasteiger partial charge < -0.3 is 15.6 Å². The number of hydrogen-bond donors (Lipinski definition) is 2. The van der Waals surface area contributed by atoms with Crippen LogP contribution in [0.15, 0.2) is 18.2 Å². The van der Waals surface area contributed by atoms with Gasteiger partial charge >= 0.3 is 0 Å². The predicted octanol–water partition coefficient (Wildman–Crippen LogP) is 2.34. The summed E-state index contributed by atoms with van der Waals surface area (Å²) in [5.74, 6) is 0.694. The largest absolute Gasteiger partial charge is 0.493 e. The van der Waals surface area contributed by atoms with Gasteiger partial charge in [-0.15, -0.1) is 0 Å². The summed E-state index contributed by atoms with van der Waals surface area (Å²) < 4.78 is 5.56. The van der Waals surface area contributed by atoms with E-state index in [1.54, 1.807) is 19.9 Å². The van der Waals surface area contributed by atoms with Crippen molar-refractivity contribution in [3.8, 4) is 5.75 Å². The van der Waals surface area contributed by atoms with Gasteiger partial charge in [0.2, 0.25) is 0 Å². The lowest BCUT2D eigenvalue weighted by atomic mass is 10.1. The second kappa shape index (κ2) is 5.53. The first-order valence-corrected chi connectivity index (χ1v) is 5.64. The molecule has 0 bridgehead atoms. The molecule has 3 N–H and O–H groups in total. The molecule has 0 amide bonds. The van der Waals surface area contributed by atoms with Gasteiger partial charge in [0, 0.05) is 23.6 Å². The summed E-state index contributed by atoms with van der Waals surface area (Å²) in [6.45, 7) is 4.28. The van der Waals surface area contributed by atoms with Crippen molar-refractivity contribution in [3.63, 3.8) is 0 Å². The molecule has 0 radical (unpaired) electrons. The monoisotopic (exact) mass is 243 g/mol. The standard InChI is InChI=1S/C12H18ClNO2/c1-12(2,15)6-7-16-11-5-3-4-10(13)9(11)8-14/h3-5,15H,6-8,14H2,1-2H3. The molecule has 3 nitrogen and oxygen atoms in total. The molecule has 0 aliphatic rings. The van der Waals surface area contributed by atoms with Crippen molar-refractivity contribution in [2.75, 3.05) is 6.61 Å². The Morgan fingerprint density at radius 1 is 1.44 bits per heavy atom. The second-order valence-electron chi connectivity index (χ2n) is 4.33. The van der Waals surface area contributed by atoms with Gasteiger partial charge in [0.25, 0.3) is 0 Å². The summed E-state index contributed by atoms with van der Waals surface area (Å²) in [7, 11) is 0. The van der Waals surface area contributed by atoms with Crippen LogP contribution in [0.3, 0.4) is 0 Å². The maximum atomic E-state index is 9.55. The number of nitrogens with two attached hydrogens (primary N) is 1. The zero-order chi connectivity index (χ0) is 12.2. The Morgan fingerprint density at radius 3 is 2.69 bits per heavy atom. The lowest BCUT2D eigenvalue weighted by Gasteiger charge is -2.18. The Balaban J connectivity index is 2.64. The Morgan fingerprint density at radius 2 is 2.12 bits per heavy atom. The molecule has 0 aliphatic heterocycles. The van der Waals surface area contributed by atoms with Gasteiger partial charge in [0.15, 0.2) is 0 Å². The highest BCUT2D eigenvalue weighted by atomic mass is 35.5. The Bertz CT molecular complexity index is 347. The van der Waals surface area contributed by atoms with Gasteiger partial charge in [-0.2, -0.15) is 0 Å². The highest BCUT2D eigenvalue weighted by Crippen LogP contribution is 2.26. The Labute approximate surface area is 101 Å². The van der Waals surface area contributed by atoms with Crippen LogP contribution in [0.5, 0.6) is 5.75 Å². The van der Waals surface area contributed by atoms with Gasteiger partial charge in [-0.3, -0.25) is 0 Å². The molecule has 0 aromatic heterocycles. The topological polar surface area (TPSA) is 55.5 Å². The molecule has 1 aromatic carbocycles. The first-order chi connectivity index (χ1) is 7.44. The SMILES string of the molecule is CC(C)(O)CCOc1cccc(Cl)c1CN. The number of hydrogen-bond acceptors (Lipinski definition) is 3. The van der Waals surface area contributed by atoms with Crippen molar-refractivity contribution in [2.24, 2.45) is 5.73 Å². The van der Waals surface area contributed by atoms with Crippen LogP contribution in [0.1, 0.15) is 25.8 Å². The third-order valence-corrected chi connectivity index (χ3v) is 2.61. The maximum absolute atomic E-state index is 9.55. The van der Waals surface area contributed by atoms with Crippen LogP contribution in [-0.4, -0.2) is 17.3 Å². The van der Waals surface area contributed by atoms with Crippen molar-refractivity contribution in [1.29, 1.82) is 0 Å². The third kappa shape index (κ3) is 4.00. The van der Waals surface area contributed by atoms with Gasteiger partial charge in [-0.05, 0) is 26.0 Å². The number of benzene rings is 1. The molecule has 0 spiro atoms. The van der Waals surface area contributed by atoms with Crippen LogP contribution in [0, 0.1) is 0 Å². The molecule has 1 rings (SSSR count). The fourth-order valence-electron chi connectivity index (χ4n) is 1.28. The second-order valence-corrected chi connectivity index (χ2v) is 4.74. The summed E-state index contributed by atoms with van der Waals surface area (Å²) in [5.41, 5.74) is 5.68. The zero-order valence-electron chi connectivity index (χ0n) is 9.66. The summed E-state index contributed by atoms with van der Waals surface area (Å²) in [5, 5.41) is 10.2. The van der Waals surface area contributed by atoms with E-state index in [9.17, 15) is 5.11 Å². The molecule has 0 saturated carbocycles. The number of rotatable bonds is 5. The molecular formula is C12H18ClNO2. The summed E-state index contributed by atoms with van der Waals surface area (Å²) in [6, 6.07) is 5.44. The van der Waals surface area contributed by atoms with Gasteiger partial charge in [-0.25, -0.2) is 0 Å². The van der Waals surface area contributed by atoms with E-state index in [1.807, 2.05) is 12.1 Å². The van der Waals surface area contributed by atoms with E-state index in [4.69, 9.17) is 22.1 Å². The van der Waals surface area contributed by atoms with Gasteiger partial charge in [-0.1, -0.05) is 17.7 Å².